The third-order valence-corrected chi connectivity index (χ3v) is 5.12. The molecule has 0 saturated carbocycles. The minimum atomic E-state index is 0.265. The van der Waals surface area contributed by atoms with Crippen LogP contribution in [0.4, 0.5) is 0 Å². The summed E-state index contributed by atoms with van der Waals surface area (Å²) in [6.07, 6.45) is 6.29. The van der Waals surface area contributed by atoms with Crippen LogP contribution in [0, 0.1) is 0 Å². The van der Waals surface area contributed by atoms with Crippen LogP contribution in [0.1, 0.15) is 38.3 Å². The van der Waals surface area contributed by atoms with Crippen molar-refractivity contribution in [1.82, 2.24) is 10.3 Å². The molecule has 1 saturated heterocycles. The molecule has 3 nitrogen and oxygen atoms in total. The van der Waals surface area contributed by atoms with Gasteiger partial charge in [-0.05, 0) is 51.1 Å². The average Bonchev–Trinajstić information content (AvgIpc) is 2.79. The molecule has 1 aromatic rings. The summed E-state index contributed by atoms with van der Waals surface area (Å²) in [4.78, 5) is 4.30. The number of aromatic nitrogens is 1. The van der Waals surface area contributed by atoms with Gasteiger partial charge in [0.25, 0.3) is 0 Å². The monoisotopic (exact) mass is 266 g/mol. The lowest BCUT2D eigenvalue weighted by Gasteiger charge is -2.33. The molecule has 0 aliphatic carbocycles. The third-order valence-electron chi connectivity index (χ3n) is 3.53. The van der Waals surface area contributed by atoms with Crippen molar-refractivity contribution in [3.05, 3.63) is 24.0 Å². The van der Waals surface area contributed by atoms with E-state index in [1.165, 1.54) is 24.2 Å². The summed E-state index contributed by atoms with van der Waals surface area (Å²) >= 11 is 2.06. The molecule has 1 aliphatic rings. The molecule has 2 heterocycles. The highest BCUT2D eigenvalue weighted by Gasteiger charge is 2.38. The SMILES string of the molecule is CCOc1cncc(C(NC)C2(C)CCCS2)c1. The Bertz CT molecular complexity index is 391. The van der Waals surface area contributed by atoms with Gasteiger partial charge < -0.3 is 10.1 Å². The van der Waals surface area contributed by atoms with Crippen molar-refractivity contribution in [3.8, 4) is 5.75 Å². The molecule has 0 aromatic carbocycles. The van der Waals surface area contributed by atoms with Crippen LogP contribution >= 0.6 is 11.8 Å². The standard InChI is InChI=1S/C14H22N2OS/c1-4-17-12-8-11(9-16-10-12)13(15-3)14(2)6-5-7-18-14/h8-10,13,15H,4-7H2,1-3H3. The molecule has 4 heteroatoms. The van der Waals surface area contributed by atoms with Crippen molar-refractivity contribution in [2.75, 3.05) is 19.4 Å². The normalized spacial score (nSPS) is 25.1. The van der Waals surface area contributed by atoms with Crippen molar-refractivity contribution in [3.63, 3.8) is 0 Å². The number of rotatable bonds is 5. The van der Waals surface area contributed by atoms with Gasteiger partial charge >= 0.3 is 0 Å². The van der Waals surface area contributed by atoms with Crippen LogP contribution in [0.2, 0.25) is 0 Å². The van der Waals surface area contributed by atoms with E-state index in [1.807, 2.05) is 20.2 Å². The maximum atomic E-state index is 5.54. The highest BCUT2D eigenvalue weighted by molar-refractivity contribution is 8.00. The number of nitrogens with zero attached hydrogens (tertiary/aromatic N) is 1. The van der Waals surface area contributed by atoms with Crippen LogP contribution in [0.5, 0.6) is 5.75 Å². The second kappa shape index (κ2) is 5.93. The molecular weight excluding hydrogens is 244 g/mol. The summed E-state index contributed by atoms with van der Waals surface area (Å²) in [5, 5.41) is 3.45. The minimum absolute atomic E-state index is 0.265. The highest BCUT2D eigenvalue weighted by atomic mass is 32.2. The summed E-state index contributed by atoms with van der Waals surface area (Å²) in [5.74, 6) is 2.12. The molecule has 1 aromatic heterocycles. The number of pyridine rings is 1. The molecule has 1 fully saturated rings. The van der Waals surface area contributed by atoms with Gasteiger partial charge in [0.15, 0.2) is 0 Å². The van der Waals surface area contributed by atoms with E-state index in [-0.39, 0.29) is 4.75 Å². The fraction of sp³-hybridized carbons (Fsp3) is 0.643. The van der Waals surface area contributed by atoms with Gasteiger partial charge in [0.2, 0.25) is 0 Å². The molecule has 100 valence electrons. The lowest BCUT2D eigenvalue weighted by atomic mass is 9.91. The van der Waals surface area contributed by atoms with E-state index in [4.69, 9.17) is 4.74 Å². The summed E-state index contributed by atoms with van der Waals surface area (Å²) in [6.45, 7) is 5.02. The zero-order chi connectivity index (χ0) is 13.0. The second-order valence-corrected chi connectivity index (χ2v) is 6.50. The van der Waals surface area contributed by atoms with Gasteiger partial charge in [-0.1, -0.05) is 0 Å². The quantitative estimate of drug-likeness (QED) is 0.888. The topological polar surface area (TPSA) is 34.1 Å². The Morgan fingerprint density at radius 3 is 3.00 bits per heavy atom. The maximum Gasteiger partial charge on any atom is 0.137 e. The van der Waals surface area contributed by atoms with Gasteiger partial charge in [-0.15, -0.1) is 0 Å². The van der Waals surface area contributed by atoms with E-state index in [2.05, 4.69) is 35.1 Å². The molecule has 0 bridgehead atoms. The largest absolute Gasteiger partial charge is 0.492 e. The van der Waals surface area contributed by atoms with E-state index in [0.29, 0.717) is 12.6 Å². The van der Waals surface area contributed by atoms with Crippen LogP contribution in [0.3, 0.4) is 0 Å². The van der Waals surface area contributed by atoms with Gasteiger partial charge in [0.1, 0.15) is 5.75 Å². The van der Waals surface area contributed by atoms with Gasteiger partial charge in [0, 0.05) is 17.0 Å². The van der Waals surface area contributed by atoms with Crippen molar-refractivity contribution in [2.24, 2.45) is 0 Å². The zero-order valence-electron chi connectivity index (χ0n) is 11.4. The molecular formula is C14H22N2OS. The molecule has 2 atom stereocenters. The summed E-state index contributed by atoms with van der Waals surface area (Å²) < 4.78 is 5.80. The number of nitrogens with one attached hydrogen (secondary N) is 1. The van der Waals surface area contributed by atoms with Gasteiger partial charge in [-0.3, -0.25) is 4.98 Å². The zero-order valence-corrected chi connectivity index (χ0v) is 12.2. The van der Waals surface area contributed by atoms with E-state index in [1.54, 1.807) is 6.20 Å². The first kappa shape index (κ1) is 13.7. The minimum Gasteiger partial charge on any atom is -0.492 e. The van der Waals surface area contributed by atoms with E-state index in [0.717, 1.165) is 5.75 Å². The summed E-state index contributed by atoms with van der Waals surface area (Å²) in [5.41, 5.74) is 1.22. The predicted molar refractivity (Wildman–Crippen MR) is 77.3 cm³/mol. The number of hydrogen-bond donors (Lipinski definition) is 1. The lowest BCUT2D eigenvalue weighted by Crippen LogP contribution is -2.35. The van der Waals surface area contributed by atoms with Gasteiger partial charge in [-0.2, -0.15) is 11.8 Å². The fourth-order valence-electron chi connectivity index (χ4n) is 2.69. The Kier molecular flexibility index (Phi) is 4.51. The number of thioether (sulfide) groups is 1. The van der Waals surface area contributed by atoms with E-state index in [9.17, 15) is 0 Å². The van der Waals surface area contributed by atoms with Crippen LogP contribution in [0.25, 0.3) is 0 Å². The summed E-state index contributed by atoms with van der Waals surface area (Å²) in [7, 11) is 2.03. The molecule has 1 aliphatic heterocycles. The van der Waals surface area contributed by atoms with Crippen LogP contribution in [0.15, 0.2) is 18.5 Å². The number of hydrogen-bond acceptors (Lipinski definition) is 4. The average molecular weight is 266 g/mol. The van der Waals surface area contributed by atoms with Crippen LogP contribution in [-0.2, 0) is 0 Å². The lowest BCUT2D eigenvalue weighted by molar-refractivity contribution is 0.337. The Morgan fingerprint density at radius 1 is 1.56 bits per heavy atom. The molecule has 18 heavy (non-hydrogen) atoms. The van der Waals surface area contributed by atoms with E-state index >= 15 is 0 Å². The second-order valence-electron chi connectivity index (χ2n) is 4.87. The van der Waals surface area contributed by atoms with Crippen molar-refractivity contribution in [1.29, 1.82) is 0 Å². The molecule has 1 N–H and O–H groups in total. The van der Waals surface area contributed by atoms with Crippen molar-refractivity contribution in [2.45, 2.75) is 37.5 Å². The Hall–Kier alpha value is -0.740. The van der Waals surface area contributed by atoms with E-state index < -0.39 is 0 Å². The molecule has 2 rings (SSSR count). The fourth-order valence-corrected chi connectivity index (χ4v) is 4.16. The third kappa shape index (κ3) is 2.81. The maximum absolute atomic E-state index is 5.54. The first-order valence-corrected chi connectivity index (χ1v) is 7.57. The first-order chi connectivity index (χ1) is 8.69. The summed E-state index contributed by atoms with van der Waals surface area (Å²) in [6, 6.07) is 2.44. The van der Waals surface area contributed by atoms with Crippen LogP contribution < -0.4 is 10.1 Å². The molecule has 2 unspecified atom stereocenters. The Balaban J connectivity index is 2.24. The predicted octanol–water partition coefficient (Wildman–Crippen LogP) is 3.03. The van der Waals surface area contributed by atoms with Gasteiger partial charge in [-0.25, -0.2) is 0 Å². The Morgan fingerprint density at radius 2 is 2.39 bits per heavy atom. The smallest absolute Gasteiger partial charge is 0.137 e. The number of ether oxygens (including phenoxy) is 1. The van der Waals surface area contributed by atoms with Crippen LogP contribution in [-0.4, -0.2) is 29.1 Å². The Labute approximate surface area is 114 Å². The van der Waals surface area contributed by atoms with Crippen molar-refractivity contribution < 1.29 is 4.74 Å². The first-order valence-electron chi connectivity index (χ1n) is 6.58. The van der Waals surface area contributed by atoms with Crippen molar-refractivity contribution >= 4 is 11.8 Å². The molecule has 0 amide bonds. The van der Waals surface area contributed by atoms with Gasteiger partial charge in [0.05, 0.1) is 12.8 Å². The highest BCUT2D eigenvalue weighted by Crippen LogP contribution is 2.46. The molecule has 0 radical (unpaired) electrons. The molecule has 0 spiro atoms.